The first-order valence-corrected chi connectivity index (χ1v) is 14.8. The molecule has 1 aliphatic rings. The van der Waals surface area contributed by atoms with Gasteiger partial charge in [0.15, 0.2) is 5.78 Å². The molecule has 4 aromatic carbocycles. The van der Waals surface area contributed by atoms with Crippen molar-refractivity contribution in [2.45, 2.75) is 26.3 Å². The summed E-state index contributed by atoms with van der Waals surface area (Å²) in [4.78, 5) is 32.9. The SMILES string of the molecule is CCN(CC)C(=O)[C@H](c1ccccc1)N1CCN(c2ccc(CC(=O)c3ccccc3-c3ccccc3)cc2F)CC1. The van der Waals surface area contributed by atoms with Gasteiger partial charge in [-0.25, -0.2) is 4.39 Å². The van der Waals surface area contributed by atoms with Gasteiger partial charge in [-0.2, -0.15) is 0 Å². The predicted molar refractivity (Wildman–Crippen MR) is 167 cm³/mol. The number of hydrogen-bond acceptors (Lipinski definition) is 4. The molecule has 5 nitrogen and oxygen atoms in total. The number of rotatable bonds is 10. The number of piperazine rings is 1. The number of amides is 1. The van der Waals surface area contributed by atoms with Crippen molar-refractivity contribution in [1.29, 1.82) is 0 Å². The van der Waals surface area contributed by atoms with Crippen molar-refractivity contribution in [3.05, 3.63) is 126 Å². The molecule has 0 aromatic heterocycles. The maximum atomic E-state index is 15.5. The first-order valence-electron chi connectivity index (χ1n) is 14.8. The summed E-state index contributed by atoms with van der Waals surface area (Å²) in [6.07, 6.45) is 0.126. The number of ketones is 1. The minimum atomic E-state index is -0.356. The third-order valence-corrected chi connectivity index (χ3v) is 8.13. The fourth-order valence-electron chi connectivity index (χ4n) is 5.87. The van der Waals surface area contributed by atoms with Crippen LogP contribution in [-0.2, 0) is 11.2 Å². The highest BCUT2D eigenvalue weighted by molar-refractivity contribution is 6.03. The fourth-order valence-corrected chi connectivity index (χ4v) is 5.87. The number of carbonyl (C=O) groups is 2. The average molecular weight is 564 g/mol. The van der Waals surface area contributed by atoms with Crippen molar-refractivity contribution in [2.75, 3.05) is 44.2 Å². The quantitative estimate of drug-likeness (QED) is 0.203. The number of anilines is 1. The predicted octanol–water partition coefficient (Wildman–Crippen LogP) is 6.65. The van der Waals surface area contributed by atoms with Crippen LogP contribution in [0.25, 0.3) is 11.1 Å². The van der Waals surface area contributed by atoms with Crippen molar-refractivity contribution in [3.63, 3.8) is 0 Å². The van der Waals surface area contributed by atoms with Crippen LogP contribution in [0.4, 0.5) is 10.1 Å². The van der Waals surface area contributed by atoms with Gasteiger partial charge in [0.1, 0.15) is 11.9 Å². The molecule has 0 bridgehead atoms. The van der Waals surface area contributed by atoms with Gasteiger partial charge in [0.2, 0.25) is 5.91 Å². The number of halogens is 1. The van der Waals surface area contributed by atoms with Gasteiger partial charge in [0.05, 0.1) is 5.69 Å². The number of benzene rings is 4. The van der Waals surface area contributed by atoms with Gasteiger partial charge in [-0.3, -0.25) is 14.5 Å². The molecule has 0 radical (unpaired) electrons. The lowest BCUT2D eigenvalue weighted by atomic mass is 9.94. The molecule has 5 rings (SSSR count). The number of Topliss-reactive ketones (excluding diaryl/α,β-unsaturated/α-hetero) is 1. The van der Waals surface area contributed by atoms with Crippen LogP contribution in [0, 0.1) is 5.82 Å². The fraction of sp³-hybridized carbons (Fsp3) is 0.278. The average Bonchev–Trinajstić information content (AvgIpc) is 3.03. The Kier molecular flexibility index (Phi) is 9.45. The standard InChI is InChI=1S/C36H38FN3O2/c1-3-38(4-2)36(42)35(29-15-9-6-10-16-29)40-23-21-39(22-24-40)33-20-19-27(25-32(33)37)26-34(41)31-18-12-11-17-30(31)28-13-7-5-8-14-28/h5-20,25,35H,3-4,21-24,26H2,1-2H3/t35-/m0/s1. The van der Waals surface area contributed by atoms with E-state index in [0.717, 1.165) is 16.7 Å². The molecule has 0 saturated carbocycles. The Bertz CT molecular complexity index is 1500. The molecule has 1 heterocycles. The highest BCUT2D eigenvalue weighted by Crippen LogP contribution is 2.29. The van der Waals surface area contributed by atoms with E-state index in [1.54, 1.807) is 6.07 Å². The molecule has 0 spiro atoms. The highest BCUT2D eigenvalue weighted by Gasteiger charge is 2.33. The Morgan fingerprint density at radius 1 is 0.786 bits per heavy atom. The van der Waals surface area contributed by atoms with Gasteiger partial charge >= 0.3 is 0 Å². The van der Waals surface area contributed by atoms with Crippen LogP contribution in [-0.4, -0.2) is 60.8 Å². The summed E-state index contributed by atoms with van der Waals surface area (Å²) >= 11 is 0. The number of likely N-dealkylation sites (N-methyl/N-ethyl adjacent to an activating group) is 1. The van der Waals surface area contributed by atoms with Gasteiger partial charge in [0.25, 0.3) is 0 Å². The Morgan fingerprint density at radius 3 is 2.05 bits per heavy atom. The molecule has 1 atom stereocenters. The van der Waals surface area contributed by atoms with Gasteiger partial charge in [-0.15, -0.1) is 0 Å². The summed E-state index contributed by atoms with van der Waals surface area (Å²) in [5.74, 6) is -0.266. The molecule has 1 fully saturated rings. The van der Waals surface area contributed by atoms with E-state index in [4.69, 9.17) is 0 Å². The highest BCUT2D eigenvalue weighted by atomic mass is 19.1. The summed E-state index contributed by atoms with van der Waals surface area (Å²) in [5.41, 5.74) is 4.66. The van der Waals surface area contributed by atoms with Crippen LogP contribution in [0.2, 0.25) is 0 Å². The molecular weight excluding hydrogens is 525 g/mol. The zero-order valence-electron chi connectivity index (χ0n) is 24.4. The van der Waals surface area contributed by atoms with Crippen LogP contribution < -0.4 is 4.90 Å². The first-order chi connectivity index (χ1) is 20.5. The van der Waals surface area contributed by atoms with E-state index < -0.39 is 0 Å². The van der Waals surface area contributed by atoms with Gasteiger partial charge in [-0.1, -0.05) is 91.0 Å². The van der Waals surface area contributed by atoms with Gasteiger partial charge < -0.3 is 9.80 Å². The Hall–Kier alpha value is -4.29. The maximum Gasteiger partial charge on any atom is 0.244 e. The molecule has 4 aromatic rings. The van der Waals surface area contributed by atoms with Crippen LogP contribution in [0.15, 0.2) is 103 Å². The van der Waals surface area contributed by atoms with Crippen molar-refractivity contribution in [2.24, 2.45) is 0 Å². The van der Waals surface area contributed by atoms with Crippen molar-refractivity contribution >= 4 is 17.4 Å². The molecule has 0 aliphatic carbocycles. The van der Waals surface area contributed by atoms with Crippen molar-refractivity contribution < 1.29 is 14.0 Å². The molecule has 0 unspecified atom stereocenters. The van der Waals surface area contributed by atoms with Crippen LogP contribution in [0.1, 0.15) is 41.4 Å². The zero-order valence-corrected chi connectivity index (χ0v) is 24.4. The second-order valence-electron chi connectivity index (χ2n) is 10.6. The summed E-state index contributed by atoms with van der Waals surface area (Å²) in [6.45, 7) is 7.83. The second kappa shape index (κ2) is 13.6. The minimum Gasteiger partial charge on any atom is -0.367 e. The molecule has 42 heavy (non-hydrogen) atoms. The first kappa shape index (κ1) is 29.2. The Morgan fingerprint density at radius 2 is 1.40 bits per heavy atom. The summed E-state index contributed by atoms with van der Waals surface area (Å²) in [6, 6.07) is 32.1. The minimum absolute atomic E-state index is 0.0416. The maximum absolute atomic E-state index is 15.5. The monoisotopic (exact) mass is 563 g/mol. The largest absolute Gasteiger partial charge is 0.367 e. The smallest absolute Gasteiger partial charge is 0.244 e. The lowest BCUT2D eigenvalue weighted by molar-refractivity contribution is -0.137. The Labute approximate surface area is 248 Å². The third kappa shape index (κ3) is 6.44. The zero-order chi connectivity index (χ0) is 29.5. The summed E-state index contributed by atoms with van der Waals surface area (Å²) in [5, 5.41) is 0. The molecule has 216 valence electrons. The van der Waals surface area contributed by atoms with E-state index in [1.165, 1.54) is 6.07 Å². The van der Waals surface area contributed by atoms with Gasteiger partial charge in [0, 0.05) is 51.3 Å². The molecule has 6 heteroatoms. The summed E-state index contributed by atoms with van der Waals surface area (Å²) in [7, 11) is 0. The molecule has 1 saturated heterocycles. The van der Waals surface area contributed by atoms with Crippen molar-refractivity contribution in [3.8, 4) is 11.1 Å². The van der Waals surface area contributed by atoms with E-state index in [9.17, 15) is 9.59 Å². The van der Waals surface area contributed by atoms with E-state index in [1.807, 2.05) is 115 Å². The number of nitrogens with zero attached hydrogens (tertiary/aromatic N) is 3. The molecular formula is C36H38FN3O2. The van der Waals surface area contributed by atoms with E-state index >= 15 is 4.39 Å². The molecule has 1 amide bonds. The lowest BCUT2D eigenvalue weighted by Gasteiger charge is -2.41. The third-order valence-electron chi connectivity index (χ3n) is 8.13. The van der Waals surface area contributed by atoms with Crippen molar-refractivity contribution in [1.82, 2.24) is 9.80 Å². The molecule has 1 aliphatic heterocycles. The topological polar surface area (TPSA) is 43.9 Å². The normalized spacial score (nSPS) is 14.4. The lowest BCUT2D eigenvalue weighted by Crippen LogP contribution is -2.52. The van der Waals surface area contributed by atoms with E-state index in [-0.39, 0.29) is 30.0 Å². The van der Waals surface area contributed by atoms with Gasteiger partial charge in [-0.05, 0) is 48.2 Å². The molecule has 0 N–H and O–H groups in total. The summed E-state index contributed by atoms with van der Waals surface area (Å²) < 4.78 is 15.5. The van der Waals surface area contributed by atoms with Crippen LogP contribution in [0.3, 0.4) is 0 Å². The van der Waals surface area contributed by atoms with E-state index in [0.29, 0.717) is 56.1 Å². The van der Waals surface area contributed by atoms with E-state index in [2.05, 4.69) is 4.90 Å². The number of carbonyl (C=O) groups excluding carboxylic acids is 2. The van der Waals surface area contributed by atoms with Crippen LogP contribution in [0.5, 0.6) is 0 Å². The number of hydrogen-bond donors (Lipinski definition) is 0. The second-order valence-corrected chi connectivity index (χ2v) is 10.6. The van der Waals surface area contributed by atoms with Crippen LogP contribution >= 0.6 is 0 Å². The Balaban J connectivity index is 1.27.